The van der Waals surface area contributed by atoms with Crippen molar-refractivity contribution in [2.24, 2.45) is 0 Å². The molecule has 0 N–H and O–H groups in total. The van der Waals surface area contributed by atoms with E-state index in [1.807, 2.05) is 12.4 Å². The standard InChI is InChI=1S/C11H12Br2ClN/c12-10-7-9(1-4-11(10,13)14)8-2-5-15-6-3-8/h2-3,5-6,9-10H,1,4,7H2. The van der Waals surface area contributed by atoms with Gasteiger partial charge in [0.05, 0.1) is 0 Å². The van der Waals surface area contributed by atoms with Gasteiger partial charge in [0.15, 0.2) is 0 Å². The molecule has 15 heavy (non-hydrogen) atoms. The van der Waals surface area contributed by atoms with Gasteiger partial charge in [0, 0.05) is 17.2 Å². The van der Waals surface area contributed by atoms with Gasteiger partial charge in [0.1, 0.15) is 3.78 Å². The Kier molecular flexibility index (Phi) is 3.74. The Morgan fingerprint density at radius 2 is 2.07 bits per heavy atom. The Hall–Kier alpha value is 0.400. The molecule has 0 amide bonds. The third kappa shape index (κ3) is 2.75. The van der Waals surface area contributed by atoms with Gasteiger partial charge in [-0.3, -0.25) is 4.98 Å². The van der Waals surface area contributed by atoms with Gasteiger partial charge < -0.3 is 0 Å². The molecule has 0 aromatic carbocycles. The van der Waals surface area contributed by atoms with Gasteiger partial charge in [-0.05, 0) is 42.9 Å². The van der Waals surface area contributed by atoms with E-state index in [9.17, 15) is 0 Å². The summed E-state index contributed by atoms with van der Waals surface area (Å²) in [6, 6.07) is 4.19. The lowest BCUT2D eigenvalue weighted by Gasteiger charge is -2.35. The lowest BCUT2D eigenvalue weighted by atomic mass is 9.84. The van der Waals surface area contributed by atoms with Crippen molar-refractivity contribution >= 4 is 43.5 Å². The number of hydrogen-bond donors (Lipinski definition) is 0. The summed E-state index contributed by atoms with van der Waals surface area (Å²) in [6.45, 7) is 0. The quantitative estimate of drug-likeness (QED) is 0.680. The second kappa shape index (κ2) is 4.72. The highest BCUT2D eigenvalue weighted by Gasteiger charge is 2.38. The number of aromatic nitrogens is 1. The SMILES string of the molecule is ClC1(Br)CCC(c2ccncc2)CC1Br. The molecule has 1 aliphatic rings. The molecule has 1 saturated carbocycles. The van der Waals surface area contributed by atoms with Crippen molar-refractivity contribution in [3.8, 4) is 0 Å². The summed E-state index contributed by atoms with van der Waals surface area (Å²) in [6.07, 6.45) is 6.89. The van der Waals surface area contributed by atoms with Crippen LogP contribution in [0.25, 0.3) is 0 Å². The van der Waals surface area contributed by atoms with Gasteiger partial charge in [-0.25, -0.2) is 0 Å². The Balaban J connectivity index is 2.10. The summed E-state index contributed by atoms with van der Waals surface area (Å²) in [5.74, 6) is 0.599. The van der Waals surface area contributed by atoms with Crippen LogP contribution in [-0.2, 0) is 0 Å². The van der Waals surface area contributed by atoms with Gasteiger partial charge in [-0.15, -0.1) is 11.6 Å². The average Bonchev–Trinajstić information content (AvgIpc) is 2.23. The summed E-state index contributed by atoms with van der Waals surface area (Å²) in [7, 11) is 0. The van der Waals surface area contributed by atoms with E-state index >= 15 is 0 Å². The van der Waals surface area contributed by atoms with Crippen molar-refractivity contribution in [1.29, 1.82) is 0 Å². The first-order chi connectivity index (χ1) is 7.09. The van der Waals surface area contributed by atoms with E-state index < -0.39 is 0 Å². The summed E-state index contributed by atoms with van der Waals surface area (Å²) in [4.78, 5) is 4.36. The van der Waals surface area contributed by atoms with Crippen molar-refractivity contribution in [3.05, 3.63) is 30.1 Å². The van der Waals surface area contributed by atoms with E-state index in [0.717, 1.165) is 19.3 Å². The maximum atomic E-state index is 6.33. The first-order valence-corrected chi connectivity index (χ1v) is 7.10. The van der Waals surface area contributed by atoms with Crippen LogP contribution in [-0.4, -0.2) is 13.6 Å². The van der Waals surface area contributed by atoms with Crippen LogP contribution in [0.15, 0.2) is 24.5 Å². The predicted molar refractivity (Wildman–Crippen MR) is 71.1 cm³/mol. The lowest BCUT2D eigenvalue weighted by Crippen LogP contribution is -2.32. The minimum absolute atomic E-state index is 0.267. The molecule has 1 nitrogen and oxygen atoms in total. The van der Waals surface area contributed by atoms with E-state index in [4.69, 9.17) is 11.6 Å². The molecule has 1 heterocycles. The smallest absolute Gasteiger partial charge is 0.112 e. The van der Waals surface area contributed by atoms with E-state index in [2.05, 4.69) is 49.0 Å². The Morgan fingerprint density at radius 1 is 1.40 bits per heavy atom. The fraction of sp³-hybridized carbons (Fsp3) is 0.545. The Bertz CT molecular complexity index is 329. The molecule has 3 unspecified atom stereocenters. The number of nitrogens with zero attached hydrogens (tertiary/aromatic N) is 1. The molecule has 3 atom stereocenters. The second-order valence-corrected chi connectivity index (χ2v) is 7.63. The summed E-state index contributed by atoms with van der Waals surface area (Å²) < 4.78 is -0.267. The van der Waals surface area contributed by atoms with Crippen molar-refractivity contribution < 1.29 is 0 Å². The van der Waals surface area contributed by atoms with Crippen molar-refractivity contribution in [3.63, 3.8) is 0 Å². The molecule has 2 rings (SSSR count). The minimum atomic E-state index is -0.267. The van der Waals surface area contributed by atoms with Gasteiger partial charge in [-0.1, -0.05) is 31.9 Å². The third-order valence-electron chi connectivity index (χ3n) is 2.95. The summed E-state index contributed by atoms with van der Waals surface area (Å²) in [5, 5.41) is 0. The minimum Gasteiger partial charge on any atom is -0.265 e. The Labute approximate surface area is 112 Å². The first-order valence-electron chi connectivity index (χ1n) is 5.01. The zero-order valence-corrected chi connectivity index (χ0v) is 12.1. The molecule has 82 valence electrons. The number of hydrogen-bond acceptors (Lipinski definition) is 1. The fourth-order valence-corrected chi connectivity index (χ4v) is 3.30. The third-order valence-corrected chi connectivity index (χ3v) is 6.39. The van der Waals surface area contributed by atoms with Gasteiger partial charge >= 0.3 is 0 Å². The lowest BCUT2D eigenvalue weighted by molar-refractivity contribution is 0.448. The highest BCUT2D eigenvalue weighted by atomic mass is 79.9. The number of alkyl halides is 3. The highest BCUT2D eigenvalue weighted by molar-refractivity contribution is 9.13. The van der Waals surface area contributed by atoms with Crippen LogP contribution in [0.2, 0.25) is 0 Å². The first kappa shape index (κ1) is 11.9. The monoisotopic (exact) mass is 351 g/mol. The molecule has 0 radical (unpaired) electrons. The van der Waals surface area contributed by atoms with Gasteiger partial charge in [-0.2, -0.15) is 0 Å². The van der Waals surface area contributed by atoms with Crippen molar-refractivity contribution in [2.75, 3.05) is 0 Å². The van der Waals surface area contributed by atoms with E-state index in [0.29, 0.717) is 10.7 Å². The summed E-state index contributed by atoms with van der Waals surface area (Å²) in [5.41, 5.74) is 1.37. The van der Waals surface area contributed by atoms with Gasteiger partial charge in [0.2, 0.25) is 0 Å². The molecular weight excluding hydrogens is 341 g/mol. The molecule has 0 bridgehead atoms. The van der Waals surface area contributed by atoms with E-state index in [1.165, 1.54) is 5.56 Å². The van der Waals surface area contributed by atoms with E-state index in [1.54, 1.807) is 0 Å². The van der Waals surface area contributed by atoms with Crippen LogP contribution < -0.4 is 0 Å². The zero-order valence-electron chi connectivity index (χ0n) is 8.17. The van der Waals surface area contributed by atoms with Gasteiger partial charge in [0.25, 0.3) is 0 Å². The molecule has 1 fully saturated rings. The molecule has 4 heteroatoms. The number of halogens is 3. The van der Waals surface area contributed by atoms with Crippen LogP contribution in [0, 0.1) is 0 Å². The summed E-state index contributed by atoms with van der Waals surface area (Å²) >= 11 is 13.5. The molecule has 0 saturated heterocycles. The second-order valence-electron chi connectivity index (χ2n) is 3.98. The van der Waals surface area contributed by atoms with Crippen LogP contribution in [0.1, 0.15) is 30.7 Å². The van der Waals surface area contributed by atoms with Crippen LogP contribution in [0.4, 0.5) is 0 Å². The molecule has 1 aromatic rings. The zero-order chi connectivity index (χ0) is 10.9. The fourth-order valence-electron chi connectivity index (χ4n) is 2.00. The molecule has 1 aromatic heterocycles. The van der Waals surface area contributed by atoms with Crippen LogP contribution >= 0.6 is 43.5 Å². The largest absolute Gasteiger partial charge is 0.265 e. The van der Waals surface area contributed by atoms with Crippen molar-refractivity contribution in [2.45, 2.75) is 33.8 Å². The van der Waals surface area contributed by atoms with Crippen LogP contribution in [0.5, 0.6) is 0 Å². The number of rotatable bonds is 1. The van der Waals surface area contributed by atoms with E-state index in [-0.39, 0.29) is 3.78 Å². The molecule has 0 spiro atoms. The normalized spacial score (nSPS) is 36.5. The average molecular weight is 353 g/mol. The number of pyridine rings is 1. The van der Waals surface area contributed by atoms with Crippen LogP contribution in [0.3, 0.4) is 0 Å². The molecule has 1 aliphatic carbocycles. The van der Waals surface area contributed by atoms with Crippen molar-refractivity contribution in [1.82, 2.24) is 4.98 Å². The highest BCUT2D eigenvalue weighted by Crippen LogP contribution is 2.48. The molecule has 0 aliphatic heterocycles. The predicted octanol–water partition coefficient (Wildman–Crippen LogP) is 4.44. The maximum Gasteiger partial charge on any atom is 0.112 e. The molecular formula is C11H12Br2ClN. The maximum absolute atomic E-state index is 6.33. The Morgan fingerprint density at radius 3 is 2.67 bits per heavy atom. The topological polar surface area (TPSA) is 12.9 Å².